The summed E-state index contributed by atoms with van der Waals surface area (Å²) >= 11 is 0. The minimum absolute atomic E-state index is 0.0641. The fourth-order valence-corrected chi connectivity index (χ4v) is 12.3. The summed E-state index contributed by atoms with van der Waals surface area (Å²) in [7, 11) is 0. The van der Waals surface area contributed by atoms with Crippen LogP contribution in [0.15, 0.2) is 121 Å². The van der Waals surface area contributed by atoms with Crippen LogP contribution in [0.25, 0.3) is 89.2 Å². The van der Waals surface area contributed by atoms with Crippen molar-refractivity contribution in [1.82, 2.24) is 24.1 Å². The predicted octanol–water partition coefficient (Wildman–Crippen LogP) is 16.0. The van der Waals surface area contributed by atoms with Gasteiger partial charge in [0.25, 0.3) is 6.71 Å². The van der Waals surface area contributed by atoms with Crippen molar-refractivity contribution in [3.05, 3.63) is 155 Å². The molecule has 0 saturated heterocycles. The molecular weight excluding hydrogens is 910 g/mol. The minimum atomic E-state index is -0.139. The van der Waals surface area contributed by atoms with Crippen LogP contribution in [0.3, 0.4) is 0 Å². The zero-order valence-electron chi connectivity index (χ0n) is 47.9. The molecule has 0 saturated carbocycles. The lowest BCUT2D eigenvalue weighted by Crippen LogP contribution is -2.59. The molecule has 5 nitrogen and oxygen atoms in total. The van der Waals surface area contributed by atoms with Crippen molar-refractivity contribution in [3.63, 3.8) is 0 Å². The quantitative estimate of drug-likeness (QED) is 0.166. The van der Waals surface area contributed by atoms with Gasteiger partial charge in [0.15, 0.2) is 17.5 Å². The van der Waals surface area contributed by atoms with E-state index >= 15 is 0 Å². The molecule has 75 heavy (non-hydrogen) atoms. The number of hydrogen-bond donors (Lipinski definition) is 0. The molecule has 10 aromatic rings. The van der Waals surface area contributed by atoms with Gasteiger partial charge in [0, 0.05) is 60.6 Å². The van der Waals surface area contributed by atoms with Crippen LogP contribution in [-0.4, -0.2) is 30.8 Å². The van der Waals surface area contributed by atoms with Gasteiger partial charge in [-0.15, -0.1) is 0 Å². The van der Waals surface area contributed by atoms with Gasteiger partial charge < -0.3 is 9.13 Å². The second-order valence-electron chi connectivity index (χ2n) is 28.3. The van der Waals surface area contributed by atoms with E-state index in [4.69, 9.17) is 15.0 Å². The Morgan fingerprint density at radius 1 is 0.347 bits per heavy atom. The molecule has 12 rings (SSSR count). The Kier molecular flexibility index (Phi) is 10.4. The van der Waals surface area contributed by atoms with E-state index < -0.39 is 0 Å². The summed E-state index contributed by atoms with van der Waals surface area (Å²) in [4.78, 5) is 16.1. The van der Waals surface area contributed by atoms with Crippen molar-refractivity contribution in [2.24, 2.45) is 0 Å². The third kappa shape index (κ3) is 7.66. The van der Waals surface area contributed by atoms with Gasteiger partial charge in [0.05, 0.1) is 11.0 Å². The van der Waals surface area contributed by atoms with Gasteiger partial charge in [-0.3, -0.25) is 0 Å². The van der Waals surface area contributed by atoms with Crippen LogP contribution in [0.5, 0.6) is 0 Å². The summed E-state index contributed by atoms with van der Waals surface area (Å²) in [6, 6.07) is 46.1. The average Bonchev–Trinajstić information content (AvgIpc) is 3.85. The summed E-state index contributed by atoms with van der Waals surface area (Å²) in [5, 5.41) is 5.34. The molecule has 378 valence electrons. The van der Waals surface area contributed by atoms with E-state index in [9.17, 15) is 0 Å². The van der Waals surface area contributed by atoms with Crippen molar-refractivity contribution < 1.29 is 0 Å². The molecular formula is C69H74BN5. The first-order chi connectivity index (χ1) is 35.0. The van der Waals surface area contributed by atoms with Gasteiger partial charge in [0.1, 0.15) is 0 Å². The predicted molar refractivity (Wildman–Crippen MR) is 322 cm³/mol. The molecule has 0 fully saturated rings. The third-order valence-corrected chi connectivity index (χ3v) is 16.5. The number of rotatable bonds is 3. The van der Waals surface area contributed by atoms with E-state index in [1.807, 2.05) is 0 Å². The molecule has 0 unspecified atom stereocenters. The summed E-state index contributed by atoms with van der Waals surface area (Å²) in [6.07, 6.45) is 0. The SMILES string of the molecule is CC(C)(C)c1cc2c3c(c1)c1c(C(C)(C)C)cc(C(C)(C)C)cc1n3-c1cc(-c3nc(-c4ccccc4)nc(-c4ccccc4)n3)cc3c1B2c1cc(C(C)(C)C)cc2c4c(C(C)(C)C)cc(C(C)(C)C)cc4n-3c12. The number of fused-ring (bicyclic) bond motifs is 10. The van der Waals surface area contributed by atoms with Crippen molar-refractivity contribution in [2.75, 3.05) is 0 Å². The Balaban J connectivity index is 1.35. The number of aromatic nitrogens is 5. The fourth-order valence-electron chi connectivity index (χ4n) is 12.3. The first-order valence-electron chi connectivity index (χ1n) is 27.4. The maximum absolute atomic E-state index is 5.47. The van der Waals surface area contributed by atoms with Crippen LogP contribution in [0, 0.1) is 0 Å². The number of nitrogens with zero attached hydrogens (tertiary/aromatic N) is 5. The van der Waals surface area contributed by atoms with Gasteiger partial charge >= 0.3 is 0 Å². The van der Waals surface area contributed by atoms with Crippen LogP contribution in [0.4, 0.5) is 0 Å². The summed E-state index contributed by atoms with van der Waals surface area (Å²) < 4.78 is 5.35. The molecule has 7 aromatic carbocycles. The lowest BCUT2D eigenvalue weighted by atomic mass is 9.34. The molecule has 0 radical (unpaired) electrons. The van der Waals surface area contributed by atoms with E-state index in [0.717, 1.165) is 16.7 Å². The van der Waals surface area contributed by atoms with E-state index in [1.54, 1.807) is 0 Å². The zero-order chi connectivity index (χ0) is 53.4. The van der Waals surface area contributed by atoms with E-state index in [0.29, 0.717) is 17.5 Å². The van der Waals surface area contributed by atoms with Gasteiger partial charge in [-0.05, 0) is 119 Å². The minimum Gasteiger partial charge on any atom is -0.310 e. The monoisotopic (exact) mass is 984 g/mol. The molecule has 2 aliphatic heterocycles. The van der Waals surface area contributed by atoms with Crippen molar-refractivity contribution in [3.8, 4) is 45.5 Å². The molecule has 0 spiro atoms. The molecule has 0 amide bonds. The molecule has 6 heteroatoms. The fraction of sp³-hybridized carbons (Fsp3) is 0.348. The molecule has 3 aromatic heterocycles. The molecule has 0 atom stereocenters. The molecule has 0 bridgehead atoms. The van der Waals surface area contributed by atoms with Crippen LogP contribution in [0.1, 0.15) is 158 Å². The second kappa shape index (κ2) is 15.9. The molecule has 0 N–H and O–H groups in total. The van der Waals surface area contributed by atoms with Crippen LogP contribution >= 0.6 is 0 Å². The maximum Gasteiger partial charge on any atom is 0.252 e. The zero-order valence-corrected chi connectivity index (χ0v) is 47.9. The molecule has 2 aliphatic rings. The molecule has 5 heterocycles. The van der Waals surface area contributed by atoms with Gasteiger partial charge in [0.2, 0.25) is 0 Å². The van der Waals surface area contributed by atoms with Gasteiger partial charge in [-0.2, -0.15) is 0 Å². The Labute approximate surface area is 446 Å². The topological polar surface area (TPSA) is 48.5 Å². The first-order valence-corrected chi connectivity index (χ1v) is 27.4. The Hall–Kier alpha value is -6.79. The Bertz CT molecular complexity index is 3780. The van der Waals surface area contributed by atoms with Crippen LogP contribution in [-0.2, 0) is 32.5 Å². The summed E-state index contributed by atoms with van der Waals surface area (Å²) in [5.74, 6) is 1.96. The van der Waals surface area contributed by atoms with Gasteiger partial charge in [-0.25, -0.2) is 15.0 Å². The maximum atomic E-state index is 5.47. The summed E-state index contributed by atoms with van der Waals surface area (Å²) in [6.45, 7) is 42.8. The average molecular weight is 984 g/mol. The van der Waals surface area contributed by atoms with Crippen molar-refractivity contribution >= 4 is 66.7 Å². The lowest BCUT2D eigenvalue weighted by molar-refractivity contribution is 0.572. The summed E-state index contributed by atoms with van der Waals surface area (Å²) in [5.41, 5.74) is 21.9. The largest absolute Gasteiger partial charge is 0.310 e. The lowest BCUT2D eigenvalue weighted by Gasteiger charge is -2.36. The standard InChI is InChI=1S/C69H74BN5/c1-64(2,3)42-31-46-56-48(68(13,14)15)33-44(66(7,8)9)37-52(56)74-54-29-41(63-72-61(39-25-21-19-22-26-39)71-62(73-63)40-27-23-20-24-28-40)30-55-58(54)70(50(35-42)59(46)74)51-36-43(65(4,5)6)32-47-57-49(69(16,17)18)34-45(67(10,11)12)38-53(57)75(55)60(47)51/h19-38H,1-18H3. The van der Waals surface area contributed by atoms with Crippen molar-refractivity contribution in [1.29, 1.82) is 0 Å². The second-order valence-corrected chi connectivity index (χ2v) is 28.3. The van der Waals surface area contributed by atoms with Crippen molar-refractivity contribution in [2.45, 2.75) is 157 Å². The highest BCUT2D eigenvalue weighted by Gasteiger charge is 2.44. The third-order valence-electron chi connectivity index (χ3n) is 16.5. The Morgan fingerprint density at radius 3 is 1.01 bits per heavy atom. The highest BCUT2D eigenvalue weighted by atomic mass is 15.1. The van der Waals surface area contributed by atoms with Crippen LogP contribution < -0.4 is 16.4 Å². The number of benzene rings is 7. The van der Waals surface area contributed by atoms with E-state index in [1.165, 1.54) is 105 Å². The highest BCUT2D eigenvalue weighted by Crippen LogP contribution is 2.48. The highest BCUT2D eigenvalue weighted by molar-refractivity contribution is 7.00. The normalized spacial score (nSPS) is 14.0. The van der Waals surface area contributed by atoms with E-state index in [-0.39, 0.29) is 39.2 Å². The number of hydrogen-bond acceptors (Lipinski definition) is 3. The van der Waals surface area contributed by atoms with E-state index in [2.05, 4.69) is 255 Å². The van der Waals surface area contributed by atoms with Gasteiger partial charge in [-0.1, -0.05) is 210 Å². The van der Waals surface area contributed by atoms with Crippen LogP contribution in [0.2, 0.25) is 0 Å². The Morgan fingerprint density at radius 2 is 0.680 bits per heavy atom. The first kappa shape index (κ1) is 49.1. The smallest absolute Gasteiger partial charge is 0.252 e. The molecule has 0 aliphatic carbocycles.